The van der Waals surface area contributed by atoms with E-state index in [0.29, 0.717) is 12.1 Å². The Balaban J connectivity index is 1.91. The van der Waals surface area contributed by atoms with Crippen molar-refractivity contribution in [2.24, 2.45) is 0 Å². The molecule has 3 heteroatoms. The van der Waals surface area contributed by atoms with Gasteiger partial charge in [0, 0.05) is 28.9 Å². The molecule has 0 saturated carbocycles. The van der Waals surface area contributed by atoms with Crippen LogP contribution in [0.1, 0.15) is 31.4 Å². The molecule has 1 aromatic rings. The van der Waals surface area contributed by atoms with Crippen LogP contribution in [0.25, 0.3) is 0 Å². The summed E-state index contributed by atoms with van der Waals surface area (Å²) >= 11 is 2.34. The molecule has 0 amide bonds. The van der Waals surface area contributed by atoms with Crippen LogP contribution in [0.4, 0.5) is 0 Å². The summed E-state index contributed by atoms with van der Waals surface area (Å²) in [6, 6.07) is 9.79. The Kier molecular flexibility index (Phi) is 4.61. The van der Waals surface area contributed by atoms with E-state index in [1.807, 2.05) is 0 Å². The second-order valence-electron chi connectivity index (χ2n) is 4.33. The van der Waals surface area contributed by atoms with Crippen molar-refractivity contribution in [2.45, 2.75) is 31.8 Å². The van der Waals surface area contributed by atoms with E-state index in [1.54, 1.807) is 0 Å². The van der Waals surface area contributed by atoms with E-state index < -0.39 is 0 Å². The number of ether oxygens (including phenoxy) is 1. The highest BCUT2D eigenvalue weighted by molar-refractivity contribution is 14.1. The molecule has 1 N–H and O–H groups in total. The SMILES string of the molecule is CC(NC1CCOCC1)c1ccc(I)cc1. The molecule has 16 heavy (non-hydrogen) atoms. The van der Waals surface area contributed by atoms with Gasteiger partial charge in [0.2, 0.25) is 0 Å². The van der Waals surface area contributed by atoms with Gasteiger partial charge < -0.3 is 10.1 Å². The predicted molar refractivity (Wildman–Crippen MR) is 74.6 cm³/mol. The molecular weight excluding hydrogens is 313 g/mol. The minimum atomic E-state index is 0.431. The van der Waals surface area contributed by atoms with Gasteiger partial charge in [0.05, 0.1) is 0 Å². The lowest BCUT2D eigenvalue weighted by Gasteiger charge is -2.27. The second-order valence-corrected chi connectivity index (χ2v) is 5.57. The maximum Gasteiger partial charge on any atom is 0.0480 e. The van der Waals surface area contributed by atoms with E-state index in [1.165, 1.54) is 9.13 Å². The van der Waals surface area contributed by atoms with Crippen LogP contribution in [-0.4, -0.2) is 19.3 Å². The third-order valence-corrected chi connectivity index (χ3v) is 3.80. The van der Waals surface area contributed by atoms with Gasteiger partial charge in [0.25, 0.3) is 0 Å². The van der Waals surface area contributed by atoms with Gasteiger partial charge in [-0.1, -0.05) is 12.1 Å². The molecule has 1 unspecified atom stereocenters. The molecular formula is C13H18INO. The first-order chi connectivity index (χ1) is 7.75. The molecule has 0 bridgehead atoms. The normalized spacial score (nSPS) is 19.6. The van der Waals surface area contributed by atoms with Crippen molar-refractivity contribution in [2.75, 3.05) is 13.2 Å². The fraction of sp³-hybridized carbons (Fsp3) is 0.538. The topological polar surface area (TPSA) is 21.3 Å². The van der Waals surface area contributed by atoms with Crippen LogP contribution in [0.3, 0.4) is 0 Å². The molecule has 0 aromatic heterocycles. The Labute approximate surface area is 111 Å². The summed E-state index contributed by atoms with van der Waals surface area (Å²) in [5, 5.41) is 3.67. The van der Waals surface area contributed by atoms with Crippen molar-refractivity contribution in [3.8, 4) is 0 Å². The van der Waals surface area contributed by atoms with Crippen LogP contribution in [-0.2, 0) is 4.74 Å². The molecule has 1 fully saturated rings. The van der Waals surface area contributed by atoms with Gasteiger partial charge in [0.15, 0.2) is 0 Å². The van der Waals surface area contributed by atoms with Crippen molar-refractivity contribution in [1.29, 1.82) is 0 Å². The van der Waals surface area contributed by atoms with Gasteiger partial charge in [-0.2, -0.15) is 0 Å². The molecule has 1 aromatic carbocycles. The number of nitrogens with one attached hydrogen (secondary N) is 1. The lowest BCUT2D eigenvalue weighted by molar-refractivity contribution is 0.0754. The van der Waals surface area contributed by atoms with Crippen LogP contribution in [0.5, 0.6) is 0 Å². The first kappa shape index (κ1) is 12.3. The fourth-order valence-corrected chi connectivity index (χ4v) is 2.43. The molecule has 1 aliphatic rings. The maximum absolute atomic E-state index is 5.36. The molecule has 0 spiro atoms. The number of halogens is 1. The maximum atomic E-state index is 5.36. The molecule has 0 aliphatic carbocycles. The molecule has 1 saturated heterocycles. The number of rotatable bonds is 3. The van der Waals surface area contributed by atoms with E-state index in [4.69, 9.17) is 4.74 Å². The third-order valence-electron chi connectivity index (χ3n) is 3.08. The minimum Gasteiger partial charge on any atom is -0.381 e. The zero-order valence-corrected chi connectivity index (χ0v) is 11.7. The average Bonchev–Trinajstić information content (AvgIpc) is 2.31. The molecule has 1 aliphatic heterocycles. The van der Waals surface area contributed by atoms with Gasteiger partial charge in [-0.25, -0.2) is 0 Å². The Morgan fingerprint density at radius 3 is 2.50 bits per heavy atom. The lowest BCUT2D eigenvalue weighted by atomic mass is 10.0. The van der Waals surface area contributed by atoms with Crippen molar-refractivity contribution >= 4 is 22.6 Å². The molecule has 0 radical (unpaired) electrons. The smallest absolute Gasteiger partial charge is 0.0480 e. The van der Waals surface area contributed by atoms with Gasteiger partial charge in [-0.15, -0.1) is 0 Å². The molecule has 2 rings (SSSR count). The van der Waals surface area contributed by atoms with Crippen LogP contribution < -0.4 is 5.32 Å². The monoisotopic (exact) mass is 331 g/mol. The summed E-state index contributed by atoms with van der Waals surface area (Å²) in [4.78, 5) is 0. The lowest BCUT2D eigenvalue weighted by Crippen LogP contribution is -2.36. The van der Waals surface area contributed by atoms with E-state index in [-0.39, 0.29) is 0 Å². The van der Waals surface area contributed by atoms with E-state index in [9.17, 15) is 0 Å². The standard InChI is InChI=1S/C13H18INO/c1-10(11-2-4-12(14)5-3-11)15-13-6-8-16-9-7-13/h2-5,10,13,15H,6-9H2,1H3. The number of hydrogen-bond donors (Lipinski definition) is 1. The van der Waals surface area contributed by atoms with Gasteiger partial charge in [0.1, 0.15) is 0 Å². The van der Waals surface area contributed by atoms with E-state index in [0.717, 1.165) is 26.1 Å². The molecule has 1 heterocycles. The number of hydrogen-bond acceptors (Lipinski definition) is 2. The Morgan fingerprint density at radius 1 is 1.25 bits per heavy atom. The Hall–Kier alpha value is -0.130. The molecule has 88 valence electrons. The van der Waals surface area contributed by atoms with Crippen LogP contribution >= 0.6 is 22.6 Å². The highest BCUT2D eigenvalue weighted by Crippen LogP contribution is 2.17. The highest BCUT2D eigenvalue weighted by atomic mass is 127. The zero-order chi connectivity index (χ0) is 11.4. The average molecular weight is 331 g/mol. The van der Waals surface area contributed by atoms with E-state index >= 15 is 0 Å². The summed E-state index contributed by atoms with van der Waals surface area (Å²) in [5.41, 5.74) is 1.37. The van der Waals surface area contributed by atoms with Crippen LogP contribution in [0.15, 0.2) is 24.3 Å². The zero-order valence-electron chi connectivity index (χ0n) is 9.58. The van der Waals surface area contributed by atoms with Gasteiger partial charge >= 0.3 is 0 Å². The Morgan fingerprint density at radius 2 is 1.88 bits per heavy atom. The van der Waals surface area contributed by atoms with Crippen molar-refractivity contribution < 1.29 is 4.74 Å². The van der Waals surface area contributed by atoms with Crippen LogP contribution in [0.2, 0.25) is 0 Å². The Bertz CT molecular complexity index is 319. The number of benzene rings is 1. The van der Waals surface area contributed by atoms with Crippen molar-refractivity contribution in [3.05, 3.63) is 33.4 Å². The predicted octanol–water partition coefficient (Wildman–Crippen LogP) is 3.12. The summed E-state index contributed by atoms with van der Waals surface area (Å²) in [6.07, 6.45) is 2.27. The first-order valence-corrected chi connectivity index (χ1v) is 6.93. The largest absolute Gasteiger partial charge is 0.381 e. The summed E-state index contributed by atoms with van der Waals surface area (Å²) in [7, 11) is 0. The summed E-state index contributed by atoms with van der Waals surface area (Å²) in [6.45, 7) is 4.03. The molecule has 2 nitrogen and oxygen atoms in total. The summed E-state index contributed by atoms with van der Waals surface area (Å²) < 4.78 is 6.65. The second kappa shape index (κ2) is 5.98. The van der Waals surface area contributed by atoms with Crippen LogP contribution in [0, 0.1) is 3.57 Å². The quantitative estimate of drug-likeness (QED) is 0.860. The fourth-order valence-electron chi connectivity index (χ4n) is 2.07. The third kappa shape index (κ3) is 3.43. The molecule has 1 atom stereocenters. The minimum absolute atomic E-state index is 0.431. The van der Waals surface area contributed by atoms with Gasteiger partial charge in [-0.05, 0) is 60.1 Å². The first-order valence-electron chi connectivity index (χ1n) is 5.85. The van der Waals surface area contributed by atoms with Gasteiger partial charge in [-0.3, -0.25) is 0 Å². The van der Waals surface area contributed by atoms with Crippen molar-refractivity contribution in [1.82, 2.24) is 5.32 Å². The van der Waals surface area contributed by atoms with Crippen molar-refractivity contribution in [3.63, 3.8) is 0 Å². The highest BCUT2D eigenvalue weighted by Gasteiger charge is 2.16. The van der Waals surface area contributed by atoms with E-state index in [2.05, 4.69) is 59.1 Å². The summed E-state index contributed by atoms with van der Waals surface area (Å²) in [5.74, 6) is 0.